The highest BCUT2D eigenvalue weighted by Gasteiger charge is 1.88. The van der Waals surface area contributed by atoms with Crippen LogP contribution in [0.3, 0.4) is 0 Å². The van der Waals surface area contributed by atoms with Crippen molar-refractivity contribution in [2.45, 2.75) is 18.2 Å². The standard InChI is InChI=1S/C6H9NS/c1-2-5-3-6(8)4-7-5/h3-4,7-8H,2H2,1H3. The Hall–Kier alpha value is -0.370. The zero-order valence-corrected chi connectivity index (χ0v) is 5.70. The Labute approximate surface area is 54.5 Å². The maximum Gasteiger partial charge on any atom is 0.0218 e. The molecule has 0 bridgehead atoms. The Morgan fingerprint density at radius 3 is 2.75 bits per heavy atom. The topological polar surface area (TPSA) is 15.8 Å². The van der Waals surface area contributed by atoms with Crippen LogP contribution in [0.4, 0.5) is 0 Å². The van der Waals surface area contributed by atoms with E-state index in [0.717, 1.165) is 11.3 Å². The van der Waals surface area contributed by atoms with E-state index in [-0.39, 0.29) is 0 Å². The molecular weight excluding hydrogens is 118 g/mol. The van der Waals surface area contributed by atoms with E-state index in [2.05, 4.69) is 24.5 Å². The fourth-order valence-corrected chi connectivity index (χ4v) is 0.853. The van der Waals surface area contributed by atoms with Crippen LogP contribution in [-0.2, 0) is 6.42 Å². The van der Waals surface area contributed by atoms with Gasteiger partial charge in [-0.3, -0.25) is 0 Å². The number of aryl methyl sites for hydroxylation is 1. The van der Waals surface area contributed by atoms with Crippen LogP contribution in [0.5, 0.6) is 0 Å². The molecule has 0 saturated carbocycles. The maximum absolute atomic E-state index is 4.13. The minimum Gasteiger partial charge on any atom is -0.364 e. The molecule has 1 N–H and O–H groups in total. The molecule has 2 heteroatoms. The van der Waals surface area contributed by atoms with E-state index in [9.17, 15) is 0 Å². The predicted molar refractivity (Wildman–Crippen MR) is 37.4 cm³/mol. The Bertz CT molecular complexity index is 169. The minimum absolute atomic E-state index is 1.02. The molecule has 1 rings (SSSR count). The van der Waals surface area contributed by atoms with Crippen molar-refractivity contribution >= 4 is 12.6 Å². The molecule has 0 saturated heterocycles. The molecule has 1 nitrogen and oxygen atoms in total. The van der Waals surface area contributed by atoms with Crippen molar-refractivity contribution in [3.63, 3.8) is 0 Å². The van der Waals surface area contributed by atoms with Crippen LogP contribution in [-0.4, -0.2) is 4.98 Å². The molecule has 1 aromatic rings. The van der Waals surface area contributed by atoms with Crippen molar-refractivity contribution in [1.82, 2.24) is 4.98 Å². The first-order valence-electron chi connectivity index (χ1n) is 2.69. The van der Waals surface area contributed by atoms with Gasteiger partial charge in [0.1, 0.15) is 0 Å². The molecule has 0 spiro atoms. The summed E-state index contributed by atoms with van der Waals surface area (Å²) in [5.74, 6) is 0. The second kappa shape index (κ2) is 2.27. The summed E-state index contributed by atoms with van der Waals surface area (Å²) in [5, 5.41) is 0. The van der Waals surface area contributed by atoms with E-state index in [1.165, 1.54) is 5.69 Å². The first-order valence-corrected chi connectivity index (χ1v) is 3.14. The number of H-pyrrole nitrogens is 1. The molecule has 0 aliphatic heterocycles. The average Bonchev–Trinajstić information content (AvgIpc) is 2.14. The van der Waals surface area contributed by atoms with Gasteiger partial charge < -0.3 is 4.98 Å². The molecule has 0 aliphatic carbocycles. The van der Waals surface area contributed by atoms with Crippen LogP contribution in [0.15, 0.2) is 17.2 Å². The van der Waals surface area contributed by atoms with Gasteiger partial charge in [0.05, 0.1) is 0 Å². The van der Waals surface area contributed by atoms with Crippen LogP contribution >= 0.6 is 12.6 Å². The van der Waals surface area contributed by atoms with E-state index in [4.69, 9.17) is 0 Å². The van der Waals surface area contributed by atoms with Crippen LogP contribution in [0.1, 0.15) is 12.6 Å². The van der Waals surface area contributed by atoms with Crippen molar-refractivity contribution in [2.24, 2.45) is 0 Å². The Kier molecular flexibility index (Phi) is 1.63. The summed E-state index contributed by atoms with van der Waals surface area (Å²) in [7, 11) is 0. The van der Waals surface area contributed by atoms with Crippen molar-refractivity contribution in [1.29, 1.82) is 0 Å². The summed E-state index contributed by atoms with van der Waals surface area (Å²) in [6.45, 7) is 2.11. The SMILES string of the molecule is CCc1cc(S)c[nH]1. The van der Waals surface area contributed by atoms with Gasteiger partial charge in [-0.25, -0.2) is 0 Å². The third-order valence-electron chi connectivity index (χ3n) is 1.11. The monoisotopic (exact) mass is 127 g/mol. The number of rotatable bonds is 1. The number of hydrogen-bond donors (Lipinski definition) is 2. The molecule has 0 radical (unpaired) electrons. The van der Waals surface area contributed by atoms with Crippen LogP contribution in [0.2, 0.25) is 0 Å². The lowest BCUT2D eigenvalue weighted by Gasteiger charge is -1.81. The molecular formula is C6H9NS. The normalized spacial score (nSPS) is 9.75. The fraction of sp³-hybridized carbons (Fsp3) is 0.333. The molecule has 0 unspecified atom stereocenters. The molecule has 0 atom stereocenters. The van der Waals surface area contributed by atoms with Gasteiger partial charge in [-0.1, -0.05) is 6.92 Å². The molecule has 44 valence electrons. The van der Waals surface area contributed by atoms with Crippen molar-refractivity contribution in [3.05, 3.63) is 18.0 Å². The van der Waals surface area contributed by atoms with E-state index >= 15 is 0 Å². The van der Waals surface area contributed by atoms with Gasteiger partial charge >= 0.3 is 0 Å². The second-order valence-corrected chi connectivity index (χ2v) is 2.25. The molecule has 1 heterocycles. The Morgan fingerprint density at radius 2 is 2.50 bits per heavy atom. The Morgan fingerprint density at radius 1 is 1.75 bits per heavy atom. The number of aromatic amines is 1. The highest BCUT2D eigenvalue weighted by atomic mass is 32.1. The predicted octanol–water partition coefficient (Wildman–Crippen LogP) is 1.87. The minimum atomic E-state index is 1.02. The number of thiol groups is 1. The molecule has 8 heavy (non-hydrogen) atoms. The number of nitrogens with one attached hydrogen (secondary N) is 1. The van der Waals surface area contributed by atoms with Crippen LogP contribution in [0.25, 0.3) is 0 Å². The maximum atomic E-state index is 4.13. The summed E-state index contributed by atoms with van der Waals surface area (Å²) in [6, 6.07) is 2.03. The summed E-state index contributed by atoms with van der Waals surface area (Å²) >= 11 is 4.13. The molecule has 1 aromatic heterocycles. The lowest BCUT2D eigenvalue weighted by molar-refractivity contribution is 1.06. The van der Waals surface area contributed by atoms with Crippen molar-refractivity contribution in [3.8, 4) is 0 Å². The van der Waals surface area contributed by atoms with Gasteiger partial charge in [0, 0.05) is 16.8 Å². The van der Waals surface area contributed by atoms with Gasteiger partial charge in [-0.05, 0) is 12.5 Å². The van der Waals surface area contributed by atoms with Gasteiger partial charge in [-0.15, -0.1) is 12.6 Å². The lowest BCUT2D eigenvalue weighted by Crippen LogP contribution is -1.73. The third-order valence-corrected chi connectivity index (χ3v) is 1.37. The average molecular weight is 127 g/mol. The lowest BCUT2D eigenvalue weighted by atomic mass is 10.3. The van der Waals surface area contributed by atoms with Gasteiger partial charge in [0.2, 0.25) is 0 Å². The summed E-state index contributed by atoms with van der Waals surface area (Å²) < 4.78 is 0. The quantitative estimate of drug-likeness (QED) is 0.536. The van der Waals surface area contributed by atoms with E-state index in [1.54, 1.807) is 0 Å². The molecule has 0 fully saturated rings. The molecule has 0 aromatic carbocycles. The van der Waals surface area contributed by atoms with Gasteiger partial charge in [0.15, 0.2) is 0 Å². The highest BCUT2D eigenvalue weighted by molar-refractivity contribution is 7.80. The second-order valence-electron chi connectivity index (χ2n) is 1.74. The van der Waals surface area contributed by atoms with Gasteiger partial charge in [-0.2, -0.15) is 0 Å². The van der Waals surface area contributed by atoms with Gasteiger partial charge in [0.25, 0.3) is 0 Å². The summed E-state index contributed by atoms with van der Waals surface area (Å²) in [4.78, 5) is 4.09. The first kappa shape index (κ1) is 5.76. The molecule has 0 amide bonds. The zero-order chi connectivity index (χ0) is 5.98. The van der Waals surface area contributed by atoms with Crippen LogP contribution < -0.4 is 0 Å². The zero-order valence-electron chi connectivity index (χ0n) is 4.81. The molecule has 0 aliphatic rings. The number of hydrogen-bond acceptors (Lipinski definition) is 1. The fourth-order valence-electron chi connectivity index (χ4n) is 0.633. The summed E-state index contributed by atoms with van der Waals surface area (Å²) in [6.07, 6.45) is 2.95. The van der Waals surface area contributed by atoms with E-state index in [0.29, 0.717) is 0 Å². The largest absolute Gasteiger partial charge is 0.364 e. The third kappa shape index (κ3) is 1.07. The first-order chi connectivity index (χ1) is 3.83. The van der Waals surface area contributed by atoms with E-state index in [1.807, 2.05) is 12.3 Å². The van der Waals surface area contributed by atoms with E-state index < -0.39 is 0 Å². The summed E-state index contributed by atoms with van der Waals surface area (Å²) in [5.41, 5.74) is 1.25. The van der Waals surface area contributed by atoms with Crippen molar-refractivity contribution in [2.75, 3.05) is 0 Å². The van der Waals surface area contributed by atoms with Crippen LogP contribution in [0, 0.1) is 0 Å². The number of aromatic nitrogens is 1. The Balaban J connectivity index is 2.84. The van der Waals surface area contributed by atoms with Crippen molar-refractivity contribution < 1.29 is 0 Å². The smallest absolute Gasteiger partial charge is 0.0218 e. The highest BCUT2D eigenvalue weighted by Crippen LogP contribution is 2.06.